The molecule has 20 heavy (non-hydrogen) atoms. The number of imidazole rings is 1. The number of nitrogens with zero attached hydrogens (tertiary/aromatic N) is 7. The molecular weight excluding hydrogens is 324 g/mol. The van der Waals surface area contributed by atoms with Crippen molar-refractivity contribution in [3.8, 4) is 11.9 Å². The van der Waals surface area contributed by atoms with Gasteiger partial charge in [-0.15, -0.1) is 0 Å². The van der Waals surface area contributed by atoms with E-state index in [4.69, 9.17) is 5.73 Å². The molecule has 2 N–H and O–H groups in total. The molecule has 0 aromatic carbocycles. The topological polar surface area (TPSA) is 100 Å². The molecule has 3 aromatic heterocycles. The lowest BCUT2D eigenvalue weighted by molar-refractivity contribution is 0.752. The first-order valence-electron chi connectivity index (χ1n) is 5.78. The van der Waals surface area contributed by atoms with E-state index in [1.54, 1.807) is 28.0 Å². The Hall–Kier alpha value is -2.29. The van der Waals surface area contributed by atoms with Crippen molar-refractivity contribution in [2.24, 2.45) is 0 Å². The van der Waals surface area contributed by atoms with Gasteiger partial charge in [0.15, 0.2) is 0 Å². The number of nitrogen functional groups attached to an aromatic ring is 1. The van der Waals surface area contributed by atoms with E-state index in [9.17, 15) is 0 Å². The maximum absolute atomic E-state index is 5.75. The van der Waals surface area contributed by atoms with Crippen molar-refractivity contribution >= 4 is 21.9 Å². The fourth-order valence-electron chi connectivity index (χ4n) is 1.78. The molecule has 3 heterocycles. The second-order valence-corrected chi connectivity index (χ2v) is 4.95. The maximum atomic E-state index is 5.75. The summed E-state index contributed by atoms with van der Waals surface area (Å²) in [4.78, 5) is 16.5. The minimum absolute atomic E-state index is 0.127. The minimum Gasteiger partial charge on any atom is -0.368 e. The van der Waals surface area contributed by atoms with Crippen molar-refractivity contribution in [2.45, 2.75) is 13.8 Å². The molecule has 0 radical (unpaired) electrons. The van der Waals surface area contributed by atoms with Gasteiger partial charge in [-0.25, -0.2) is 9.67 Å². The number of hydrogen-bond donors (Lipinski definition) is 1. The van der Waals surface area contributed by atoms with Crippen LogP contribution in [-0.4, -0.2) is 34.3 Å². The van der Waals surface area contributed by atoms with Crippen molar-refractivity contribution in [3.05, 3.63) is 34.6 Å². The molecule has 0 aliphatic heterocycles. The molecule has 0 amide bonds. The standard InChI is InChI=1S/C11H11BrN8/c1-6-8(12)7(2)20(18-6)11-16-9(13)15-10(17-11)19-4-3-14-5-19/h3-5H,1-2H3,(H2,13,15,16,17). The predicted octanol–water partition coefficient (Wildman–Crippen LogP) is 1.20. The Kier molecular flexibility index (Phi) is 2.97. The van der Waals surface area contributed by atoms with Crippen LogP contribution in [0.25, 0.3) is 11.9 Å². The molecule has 0 saturated carbocycles. The van der Waals surface area contributed by atoms with Crippen molar-refractivity contribution in [1.29, 1.82) is 0 Å². The normalized spacial score (nSPS) is 10.9. The van der Waals surface area contributed by atoms with Crippen LogP contribution in [0.15, 0.2) is 23.2 Å². The van der Waals surface area contributed by atoms with Gasteiger partial charge in [0.1, 0.15) is 6.33 Å². The van der Waals surface area contributed by atoms with Crippen LogP contribution in [0.1, 0.15) is 11.4 Å². The van der Waals surface area contributed by atoms with Crippen LogP contribution in [-0.2, 0) is 0 Å². The van der Waals surface area contributed by atoms with Crippen LogP contribution < -0.4 is 5.73 Å². The summed E-state index contributed by atoms with van der Waals surface area (Å²) in [5.41, 5.74) is 7.49. The summed E-state index contributed by atoms with van der Waals surface area (Å²) in [6.07, 6.45) is 4.96. The number of nitrogens with two attached hydrogens (primary N) is 1. The summed E-state index contributed by atoms with van der Waals surface area (Å²) in [5, 5.41) is 4.38. The molecule has 0 atom stereocenters. The van der Waals surface area contributed by atoms with Gasteiger partial charge in [-0.2, -0.15) is 20.1 Å². The van der Waals surface area contributed by atoms with E-state index in [0.29, 0.717) is 11.9 Å². The second kappa shape index (κ2) is 4.67. The number of rotatable bonds is 2. The molecule has 0 fully saturated rings. The first-order chi connectivity index (χ1) is 9.56. The Morgan fingerprint density at radius 2 is 1.90 bits per heavy atom. The highest BCUT2D eigenvalue weighted by molar-refractivity contribution is 9.10. The summed E-state index contributed by atoms with van der Waals surface area (Å²) in [6, 6.07) is 0. The Bertz CT molecular complexity index is 761. The Morgan fingerprint density at radius 3 is 2.50 bits per heavy atom. The quantitative estimate of drug-likeness (QED) is 0.755. The van der Waals surface area contributed by atoms with Crippen LogP contribution in [0, 0.1) is 13.8 Å². The van der Waals surface area contributed by atoms with Gasteiger partial charge in [-0.3, -0.25) is 4.57 Å². The zero-order valence-corrected chi connectivity index (χ0v) is 12.4. The van der Waals surface area contributed by atoms with Gasteiger partial charge in [0.05, 0.1) is 15.9 Å². The van der Waals surface area contributed by atoms with Gasteiger partial charge >= 0.3 is 0 Å². The Labute approximate surface area is 122 Å². The predicted molar refractivity (Wildman–Crippen MR) is 75.7 cm³/mol. The molecule has 0 spiro atoms. The molecular formula is C11H11BrN8. The molecule has 0 aliphatic carbocycles. The van der Waals surface area contributed by atoms with E-state index in [1.807, 2.05) is 13.8 Å². The van der Waals surface area contributed by atoms with E-state index in [-0.39, 0.29) is 5.95 Å². The van der Waals surface area contributed by atoms with Crippen molar-refractivity contribution in [2.75, 3.05) is 5.73 Å². The Morgan fingerprint density at radius 1 is 1.15 bits per heavy atom. The summed E-state index contributed by atoms with van der Waals surface area (Å²) < 4.78 is 4.20. The summed E-state index contributed by atoms with van der Waals surface area (Å²) in [5.74, 6) is 0.892. The van der Waals surface area contributed by atoms with Gasteiger partial charge < -0.3 is 5.73 Å². The molecule has 3 aromatic rings. The lowest BCUT2D eigenvalue weighted by Crippen LogP contribution is -2.12. The van der Waals surface area contributed by atoms with Gasteiger partial charge in [-0.05, 0) is 29.8 Å². The number of hydrogen-bond acceptors (Lipinski definition) is 6. The van der Waals surface area contributed by atoms with Gasteiger partial charge in [0.25, 0.3) is 5.95 Å². The van der Waals surface area contributed by atoms with Crippen LogP contribution in [0.2, 0.25) is 0 Å². The lowest BCUT2D eigenvalue weighted by atomic mass is 10.4. The third-order valence-corrected chi connectivity index (χ3v) is 3.90. The van der Waals surface area contributed by atoms with Crippen molar-refractivity contribution in [3.63, 3.8) is 0 Å². The van der Waals surface area contributed by atoms with Gasteiger partial charge in [0, 0.05) is 12.4 Å². The lowest BCUT2D eigenvalue weighted by Gasteiger charge is -2.06. The number of anilines is 1. The van der Waals surface area contributed by atoms with Gasteiger partial charge in [-0.1, -0.05) is 0 Å². The minimum atomic E-state index is 0.127. The highest BCUT2D eigenvalue weighted by atomic mass is 79.9. The first-order valence-corrected chi connectivity index (χ1v) is 6.57. The summed E-state index contributed by atoms with van der Waals surface area (Å²) >= 11 is 3.47. The molecule has 8 nitrogen and oxygen atoms in total. The molecule has 102 valence electrons. The molecule has 3 rings (SSSR count). The molecule has 0 aliphatic rings. The monoisotopic (exact) mass is 334 g/mol. The van der Waals surface area contributed by atoms with Crippen LogP contribution >= 0.6 is 15.9 Å². The molecule has 9 heteroatoms. The third kappa shape index (κ3) is 2.05. The van der Waals surface area contributed by atoms with Crippen molar-refractivity contribution < 1.29 is 0 Å². The second-order valence-electron chi connectivity index (χ2n) is 4.16. The van der Waals surface area contributed by atoms with E-state index < -0.39 is 0 Å². The third-order valence-electron chi connectivity index (χ3n) is 2.76. The largest absolute Gasteiger partial charge is 0.368 e. The molecule has 0 unspecified atom stereocenters. The number of aryl methyl sites for hydroxylation is 1. The van der Waals surface area contributed by atoms with E-state index in [1.165, 1.54) is 0 Å². The smallest absolute Gasteiger partial charge is 0.257 e. The average molecular weight is 335 g/mol. The summed E-state index contributed by atoms with van der Waals surface area (Å²) in [7, 11) is 0. The number of halogens is 1. The van der Waals surface area contributed by atoms with Gasteiger partial charge in [0.2, 0.25) is 11.9 Å². The van der Waals surface area contributed by atoms with Crippen LogP contribution in [0.5, 0.6) is 0 Å². The zero-order chi connectivity index (χ0) is 14.3. The fraction of sp³-hybridized carbons (Fsp3) is 0.182. The van der Waals surface area contributed by atoms with E-state index >= 15 is 0 Å². The van der Waals surface area contributed by atoms with Crippen LogP contribution in [0.3, 0.4) is 0 Å². The van der Waals surface area contributed by atoms with E-state index in [2.05, 4.69) is 41.0 Å². The Balaban J connectivity index is 2.17. The highest BCUT2D eigenvalue weighted by Gasteiger charge is 2.14. The maximum Gasteiger partial charge on any atom is 0.257 e. The molecule has 0 saturated heterocycles. The fourth-order valence-corrected chi connectivity index (χ4v) is 2.02. The van der Waals surface area contributed by atoms with Crippen molar-refractivity contribution in [1.82, 2.24) is 34.3 Å². The molecule has 0 bridgehead atoms. The first kappa shape index (κ1) is 12.7. The summed E-state index contributed by atoms with van der Waals surface area (Å²) in [6.45, 7) is 3.82. The number of aromatic nitrogens is 7. The highest BCUT2D eigenvalue weighted by Crippen LogP contribution is 2.21. The van der Waals surface area contributed by atoms with Crippen LogP contribution in [0.4, 0.5) is 5.95 Å². The van der Waals surface area contributed by atoms with E-state index in [0.717, 1.165) is 15.9 Å². The zero-order valence-electron chi connectivity index (χ0n) is 10.8. The average Bonchev–Trinajstić information content (AvgIpc) is 3.03. The SMILES string of the molecule is Cc1nn(-c2nc(N)nc(-n3ccnc3)n2)c(C)c1Br.